The third-order valence-corrected chi connectivity index (χ3v) is 6.77. The van der Waals surface area contributed by atoms with Crippen LogP contribution in [0.15, 0.2) is 42.7 Å². The molecule has 2 aliphatic heterocycles. The van der Waals surface area contributed by atoms with Crippen molar-refractivity contribution >= 4 is 23.4 Å². The quantitative estimate of drug-likeness (QED) is 0.568. The molecule has 1 atom stereocenters. The number of benzene rings is 1. The van der Waals surface area contributed by atoms with Crippen LogP contribution >= 0.6 is 0 Å². The van der Waals surface area contributed by atoms with Crippen LogP contribution in [0.3, 0.4) is 0 Å². The van der Waals surface area contributed by atoms with Crippen molar-refractivity contribution in [1.82, 2.24) is 20.1 Å². The van der Waals surface area contributed by atoms with Gasteiger partial charge in [-0.15, -0.1) is 0 Å². The number of methoxy groups -OCH3 is 1. The van der Waals surface area contributed by atoms with Gasteiger partial charge in [0.25, 0.3) is 17.7 Å². The maximum absolute atomic E-state index is 14.5. The van der Waals surface area contributed by atoms with E-state index in [1.807, 2.05) is 6.07 Å². The van der Waals surface area contributed by atoms with Gasteiger partial charge in [0.15, 0.2) is 5.66 Å². The van der Waals surface area contributed by atoms with Crippen molar-refractivity contribution in [2.24, 2.45) is 0 Å². The lowest BCUT2D eigenvalue weighted by Gasteiger charge is -2.43. The molecule has 0 aliphatic carbocycles. The number of carbonyl (C=O) groups is 3. The zero-order valence-corrected chi connectivity index (χ0v) is 20.9. The second-order valence-electron chi connectivity index (χ2n) is 9.28. The van der Waals surface area contributed by atoms with Crippen LogP contribution in [0.1, 0.15) is 46.4 Å². The number of pyridine rings is 1. The van der Waals surface area contributed by atoms with E-state index in [0.717, 1.165) is 24.2 Å². The highest BCUT2D eigenvalue weighted by atomic mass is 19.3. The highest BCUT2D eigenvalue weighted by molar-refractivity contribution is 6.09. The van der Waals surface area contributed by atoms with Gasteiger partial charge in [0, 0.05) is 24.8 Å². The SMILES string of the molecule is COc1ccc(C(=O)Nc2cnccc2C(=O)NCC(=O)N2CC(F)(F)C[C@]2(C#N)N2CCCCC2)cc1. The Morgan fingerprint density at radius 3 is 2.47 bits per heavy atom. The molecule has 3 amide bonds. The predicted molar refractivity (Wildman–Crippen MR) is 133 cm³/mol. The van der Waals surface area contributed by atoms with Gasteiger partial charge >= 0.3 is 0 Å². The van der Waals surface area contributed by atoms with Crippen molar-refractivity contribution in [3.8, 4) is 11.8 Å². The van der Waals surface area contributed by atoms with Crippen LogP contribution in [0.2, 0.25) is 0 Å². The van der Waals surface area contributed by atoms with Gasteiger partial charge in [0.05, 0.1) is 44.1 Å². The highest BCUT2D eigenvalue weighted by Crippen LogP contribution is 2.42. The van der Waals surface area contributed by atoms with Crippen LogP contribution in [0.5, 0.6) is 5.75 Å². The number of carbonyl (C=O) groups excluding carboxylic acids is 3. The number of nitriles is 1. The summed E-state index contributed by atoms with van der Waals surface area (Å²) in [6.45, 7) is -0.618. The summed E-state index contributed by atoms with van der Waals surface area (Å²) >= 11 is 0. The Hall–Kier alpha value is -4.11. The summed E-state index contributed by atoms with van der Waals surface area (Å²) in [6.07, 6.45) is 4.29. The molecule has 4 rings (SSSR count). The fraction of sp³-hybridized carbons (Fsp3) is 0.423. The molecule has 38 heavy (non-hydrogen) atoms. The first-order valence-corrected chi connectivity index (χ1v) is 12.2. The third-order valence-electron chi connectivity index (χ3n) is 6.77. The van der Waals surface area contributed by atoms with E-state index in [2.05, 4.69) is 15.6 Å². The minimum Gasteiger partial charge on any atom is -0.497 e. The number of nitrogens with one attached hydrogen (secondary N) is 2. The zero-order chi connectivity index (χ0) is 27.3. The smallest absolute Gasteiger partial charge is 0.270 e. The lowest BCUT2D eigenvalue weighted by Crippen LogP contribution is -2.60. The number of amides is 3. The lowest BCUT2D eigenvalue weighted by molar-refractivity contribution is -0.139. The van der Waals surface area contributed by atoms with Gasteiger partial charge in [0.1, 0.15) is 11.8 Å². The van der Waals surface area contributed by atoms with Gasteiger partial charge in [-0.1, -0.05) is 6.42 Å². The monoisotopic (exact) mass is 526 g/mol. The second-order valence-corrected chi connectivity index (χ2v) is 9.28. The number of hydrogen-bond acceptors (Lipinski definition) is 7. The fourth-order valence-electron chi connectivity index (χ4n) is 4.86. The molecular weight excluding hydrogens is 498 g/mol. The first-order chi connectivity index (χ1) is 18.2. The number of rotatable bonds is 7. The van der Waals surface area contributed by atoms with E-state index >= 15 is 0 Å². The summed E-state index contributed by atoms with van der Waals surface area (Å²) in [5.74, 6) is -4.65. The van der Waals surface area contributed by atoms with E-state index in [1.54, 1.807) is 29.2 Å². The van der Waals surface area contributed by atoms with Crippen LogP contribution in [0.25, 0.3) is 0 Å². The molecule has 2 fully saturated rings. The fourth-order valence-corrected chi connectivity index (χ4v) is 4.86. The van der Waals surface area contributed by atoms with Crippen molar-refractivity contribution < 1.29 is 27.9 Å². The molecule has 12 heteroatoms. The molecule has 1 aromatic carbocycles. The second kappa shape index (κ2) is 11.1. The summed E-state index contributed by atoms with van der Waals surface area (Å²) in [5.41, 5.74) is -1.31. The van der Waals surface area contributed by atoms with Gasteiger partial charge in [-0.2, -0.15) is 5.26 Å². The first kappa shape index (κ1) is 26.9. The molecule has 0 spiro atoms. The number of halogens is 2. The molecule has 1 aromatic heterocycles. The Morgan fingerprint density at radius 1 is 1.11 bits per heavy atom. The van der Waals surface area contributed by atoms with E-state index in [0.29, 0.717) is 24.4 Å². The molecule has 2 aromatic rings. The topological polar surface area (TPSA) is 128 Å². The maximum atomic E-state index is 14.5. The van der Waals surface area contributed by atoms with Gasteiger partial charge in [0.2, 0.25) is 5.91 Å². The molecule has 0 radical (unpaired) electrons. The van der Waals surface area contributed by atoms with Crippen LogP contribution in [0, 0.1) is 11.3 Å². The van der Waals surface area contributed by atoms with Crippen LogP contribution in [-0.2, 0) is 4.79 Å². The Labute approximate surface area is 218 Å². The normalized spacial score (nSPS) is 20.8. The van der Waals surface area contributed by atoms with Crippen LogP contribution < -0.4 is 15.4 Å². The average molecular weight is 527 g/mol. The number of anilines is 1. The molecule has 2 N–H and O–H groups in total. The van der Waals surface area contributed by atoms with E-state index in [1.165, 1.54) is 25.6 Å². The molecule has 0 unspecified atom stereocenters. The standard InChI is InChI=1S/C26H28F2N6O4/c1-38-19-7-5-18(6-8-19)23(36)32-21-13-30-10-9-20(21)24(37)31-14-22(35)34-17-25(27,28)15-26(34,16-29)33-11-3-2-4-12-33/h5-10,13H,2-4,11-12,14-15,17H2,1H3,(H,31,37)(H,32,36)/t26-/m0/s1. The minimum atomic E-state index is -3.23. The summed E-state index contributed by atoms with van der Waals surface area (Å²) in [7, 11) is 1.50. The number of hydrogen-bond donors (Lipinski definition) is 2. The minimum absolute atomic E-state index is 0.0315. The Balaban J connectivity index is 1.45. The summed E-state index contributed by atoms with van der Waals surface area (Å²) in [6, 6.07) is 9.68. The van der Waals surface area contributed by atoms with E-state index in [9.17, 15) is 28.4 Å². The maximum Gasteiger partial charge on any atom is 0.270 e. The predicted octanol–water partition coefficient (Wildman–Crippen LogP) is 2.65. The number of nitrogens with zero attached hydrogens (tertiary/aromatic N) is 4. The van der Waals surface area contributed by atoms with E-state index in [-0.39, 0.29) is 11.3 Å². The Kier molecular flexibility index (Phi) is 7.87. The summed E-state index contributed by atoms with van der Waals surface area (Å²) < 4.78 is 34.1. The van der Waals surface area contributed by atoms with E-state index < -0.39 is 48.8 Å². The molecule has 0 bridgehead atoms. The average Bonchev–Trinajstić information content (AvgIpc) is 3.24. The van der Waals surface area contributed by atoms with E-state index in [4.69, 9.17) is 4.74 Å². The number of alkyl halides is 2. The van der Waals surface area contributed by atoms with Crippen molar-refractivity contribution in [1.29, 1.82) is 5.26 Å². The number of likely N-dealkylation sites (tertiary alicyclic amines) is 2. The lowest BCUT2D eigenvalue weighted by atomic mass is 10.0. The Morgan fingerprint density at radius 2 is 1.82 bits per heavy atom. The summed E-state index contributed by atoms with van der Waals surface area (Å²) in [5, 5.41) is 15.0. The molecule has 10 nitrogen and oxygen atoms in total. The van der Waals surface area contributed by atoms with Gasteiger partial charge in [-0.3, -0.25) is 24.3 Å². The van der Waals surface area contributed by atoms with Crippen LogP contribution in [-0.4, -0.2) is 77.4 Å². The van der Waals surface area contributed by atoms with Crippen molar-refractivity contribution in [2.45, 2.75) is 37.3 Å². The zero-order valence-electron chi connectivity index (χ0n) is 20.9. The number of aromatic nitrogens is 1. The molecular formula is C26H28F2N6O4. The molecule has 2 aliphatic rings. The van der Waals surface area contributed by atoms with Gasteiger partial charge < -0.3 is 20.3 Å². The summed E-state index contributed by atoms with van der Waals surface area (Å²) in [4.78, 5) is 45.2. The van der Waals surface area contributed by atoms with Crippen molar-refractivity contribution in [3.05, 3.63) is 53.9 Å². The van der Waals surface area contributed by atoms with Crippen molar-refractivity contribution in [2.75, 3.05) is 38.6 Å². The van der Waals surface area contributed by atoms with Crippen molar-refractivity contribution in [3.63, 3.8) is 0 Å². The number of ether oxygens (including phenoxy) is 1. The first-order valence-electron chi connectivity index (χ1n) is 12.2. The Bertz CT molecular complexity index is 1240. The molecule has 200 valence electrons. The van der Waals surface area contributed by atoms with Crippen LogP contribution in [0.4, 0.5) is 14.5 Å². The largest absolute Gasteiger partial charge is 0.497 e. The molecule has 2 saturated heterocycles. The van der Waals surface area contributed by atoms with Gasteiger partial charge in [-0.05, 0) is 43.2 Å². The highest BCUT2D eigenvalue weighted by Gasteiger charge is 2.60. The van der Waals surface area contributed by atoms with Gasteiger partial charge in [-0.25, -0.2) is 8.78 Å². The number of piperidine rings is 1. The molecule has 3 heterocycles. The molecule has 0 saturated carbocycles. The third kappa shape index (κ3) is 5.57.